The molecule has 0 radical (unpaired) electrons. The predicted molar refractivity (Wildman–Crippen MR) is 75.9 cm³/mol. The summed E-state index contributed by atoms with van der Waals surface area (Å²) in [5.74, 6) is -0.251. The molecule has 0 fully saturated rings. The minimum atomic E-state index is -0.251. The van der Waals surface area contributed by atoms with Crippen LogP contribution in [-0.2, 0) is 0 Å². The maximum absolute atomic E-state index is 13.7. The standard InChI is InChI=1S/C15H18FN3/c1-3-13(17)14-9-8-11(10-18-14)19(2)15-7-5-4-6-12(15)16/h4-10,13H,3,17H2,1-2H3. The number of benzene rings is 1. The summed E-state index contributed by atoms with van der Waals surface area (Å²) in [4.78, 5) is 6.10. The number of nitrogens with zero attached hydrogens (tertiary/aromatic N) is 2. The maximum Gasteiger partial charge on any atom is 0.146 e. The summed E-state index contributed by atoms with van der Waals surface area (Å²) in [6, 6.07) is 10.4. The van der Waals surface area contributed by atoms with E-state index in [4.69, 9.17) is 5.73 Å². The summed E-state index contributed by atoms with van der Waals surface area (Å²) < 4.78 is 13.7. The van der Waals surface area contributed by atoms with Gasteiger partial charge in [-0.1, -0.05) is 19.1 Å². The van der Waals surface area contributed by atoms with E-state index in [9.17, 15) is 4.39 Å². The predicted octanol–water partition coefficient (Wildman–Crippen LogP) is 3.40. The second kappa shape index (κ2) is 5.80. The lowest BCUT2D eigenvalue weighted by Gasteiger charge is -2.20. The van der Waals surface area contributed by atoms with Gasteiger partial charge in [0.25, 0.3) is 0 Å². The molecule has 1 aromatic carbocycles. The molecule has 1 atom stereocenters. The molecular weight excluding hydrogens is 241 g/mol. The van der Waals surface area contributed by atoms with Gasteiger partial charge in [-0.15, -0.1) is 0 Å². The highest BCUT2D eigenvalue weighted by atomic mass is 19.1. The monoisotopic (exact) mass is 259 g/mol. The van der Waals surface area contributed by atoms with Crippen molar-refractivity contribution in [2.24, 2.45) is 5.73 Å². The van der Waals surface area contributed by atoms with Crippen LogP contribution in [0.25, 0.3) is 0 Å². The van der Waals surface area contributed by atoms with Crippen molar-refractivity contribution in [2.45, 2.75) is 19.4 Å². The van der Waals surface area contributed by atoms with Gasteiger partial charge in [0.15, 0.2) is 0 Å². The van der Waals surface area contributed by atoms with Crippen LogP contribution in [-0.4, -0.2) is 12.0 Å². The maximum atomic E-state index is 13.7. The summed E-state index contributed by atoms with van der Waals surface area (Å²) in [6.07, 6.45) is 2.56. The number of halogens is 1. The van der Waals surface area contributed by atoms with E-state index in [1.165, 1.54) is 6.07 Å². The third-order valence-corrected chi connectivity index (χ3v) is 3.19. The van der Waals surface area contributed by atoms with Gasteiger partial charge in [-0.3, -0.25) is 4.98 Å². The number of anilines is 2. The Kier molecular flexibility index (Phi) is 4.12. The van der Waals surface area contributed by atoms with Gasteiger partial charge in [0.1, 0.15) is 5.82 Å². The molecule has 1 unspecified atom stereocenters. The van der Waals surface area contributed by atoms with E-state index in [-0.39, 0.29) is 11.9 Å². The van der Waals surface area contributed by atoms with Crippen LogP contribution in [0.4, 0.5) is 15.8 Å². The largest absolute Gasteiger partial charge is 0.341 e. The van der Waals surface area contributed by atoms with Crippen LogP contribution in [0, 0.1) is 5.82 Å². The van der Waals surface area contributed by atoms with E-state index >= 15 is 0 Å². The lowest BCUT2D eigenvalue weighted by Crippen LogP contribution is -2.14. The van der Waals surface area contributed by atoms with Crippen molar-refractivity contribution in [3.63, 3.8) is 0 Å². The fraction of sp³-hybridized carbons (Fsp3) is 0.267. The van der Waals surface area contributed by atoms with Crippen LogP contribution in [0.5, 0.6) is 0 Å². The molecule has 2 rings (SSSR count). The molecule has 0 saturated heterocycles. The first-order valence-electron chi connectivity index (χ1n) is 6.33. The number of hydrogen-bond donors (Lipinski definition) is 1. The number of para-hydroxylation sites is 1. The number of pyridine rings is 1. The third kappa shape index (κ3) is 2.90. The molecule has 2 N–H and O–H groups in total. The second-order valence-electron chi connectivity index (χ2n) is 4.47. The van der Waals surface area contributed by atoms with E-state index in [1.807, 2.05) is 32.2 Å². The lowest BCUT2D eigenvalue weighted by atomic mass is 10.1. The molecule has 1 aromatic heterocycles. The van der Waals surface area contributed by atoms with Gasteiger partial charge in [-0.2, -0.15) is 0 Å². The molecule has 0 aliphatic carbocycles. The average molecular weight is 259 g/mol. The van der Waals surface area contributed by atoms with E-state index in [1.54, 1.807) is 23.2 Å². The Balaban J connectivity index is 2.25. The summed E-state index contributed by atoms with van der Waals surface area (Å²) in [5.41, 5.74) is 8.13. The molecule has 0 aliphatic heterocycles. The number of rotatable bonds is 4. The minimum absolute atomic E-state index is 0.0483. The van der Waals surface area contributed by atoms with Crippen LogP contribution in [0.2, 0.25) is 0 Å². The Morgan fingerprint density at radius 2 is 2.00 bits per heavy atom. The molecule has 4 heteroatoms. The first kappa shape index (κ1) is 13.5. The lowest BCUT2D eigenvalue weighted by molar-refractivity contribution is 0.627. The Morgan fingerprint density at radius 3 is 2.58 bits per heavy atom. The van der Waals surface area contributed by atoms with Crippen LogP contribution >= 0.6 is 0 Å². The van der Waals surface area contributed by atoms with Crippen molar-refractivity contribution in [1.29, 1.82) is 0 Å². The Labute approximate surface area is 112 Å². The van der Waals surface area contributed by atoms with Crippen molar-refractivity contribution in [2.75, 3.05) is 11.9 Å². The van der Waals surface area contributed by atoms with E-state index in [0.29, 0.717) is 5.69 Å². The van der Waals surface area contributed by atoms with Gasteiger partial charge in [0.05, 0.1) is 23.3 Å². The fourth-order valence-corrected chi connectivity index (χ4v) is 1.89. The van der Waals surface area contributed by atoms with Crippen LogP contribution in [0.3, 0.4) is 0 Å². The molecule has 0 amide bonds. The van der Waals surface area contributed by atoms with Crippen LogP contribution < -0.4 is 10.6 Å². The molecule has 3 nitrogen and oxygen atoms in total. The van der Waals surface area contributed by atoms with Gasteiger partial charge in [-0.05, 0) is 30.7 Å². The Hall–Kier alpha value is -1.94. The molecule has 0 saturated carbocycles. The summed E-state index contributed by atoms with van der Waals surface area (Å²) >= 11 is 0. The second-order valence-corrected chi connectivity index (χ2v) is 4.47. The first-order chi connectivity index (χ1) is 9.13. The summed E-state index contributed by atoms with van der Waals surface area (Å²) in [6.45, 7) is 2.02. The topological polar surface area (TPSA) is 42.1 Å². The molecule has 1 heterocycles. The first-order valence-corrected chi connectivity index (χ1v) is 6.33. The SMILES string of the molecule is CCC(N)c1ccc(N(C)c2ccccc2F)cn1. The van der Waals surface area contributed by atoms with Crippen molar-refractivity contribution >= 4 is 11.4 Å². The van der Waals surface area contributed by atoms with Crippen molar-refractivity contribution in [3.05, 3.63) is 54.1 Å². The fourth-order valence-electron chi connectivity index (χ4n) is 1.89. The zero-order valence-corrected chi connectivity index (χ0v) is 11.2. The molecule has 19 heavy (non-hydrogen) atoms. The highest BCUT2D eigenvalue weighted by Gasteiger charge is 2.10. The van der Waals surface area contributed by atoms with E-state index < -0.39 is 0 Å². The highest BCUT2D eigenvalue weighted by molar-refractivity contribution is 5.62. The summed E-state index contributed by atoms with van der Waals surface area (Å²) in [7, 11) is 1.81. The molecule has 0 aliphatic rings. The molecule has 0 bridgehead atoms. The number of hydrogen-bond acceptors (Lipinski definition) is 3. The smallest absolute Gasteiger partial charge is 0.146 e. The van der Waals surface area contributed by atoms with Crippen LogP contribution in [0.1, 0.15) is 25.1 Å². The molecular formula is C15H18FN3. The normalized spacial score (nSPS) is 12.2. The Morgan fingerprint density at radius 1 is 1.26 bits per heavy atom. The summed E-state index contributed by atoms with van der Waals surface area (Å²) in [5, 5.41) is 0. The van der Waals surface area contributed by atoms with Gasteiger partial charge in [0.2, 0.25) is 0 Å². The molecule has 0 spiro atoms. The van der Waals surface area contributed by atoms with Crippen LogP contribution in [0.15, 0.2) is 42.6 Å². The zero-order valence-electron chi connectivity index (χ0n) is 11.2. The third-order valence-electron chi connectivity index (χ3n) is 3.19. The molecule has 100 valence electrons. The van der Waals surface area contributed by atoms with Gasteiger partial charge < -0.3 is 10.6 Å². The Bertz CT molecular complexity index is 539. The van der Waals surface area contributed by atoms with Crippen molar-refractivity contribution in [1.82, 2.24) is 4.98 Å². The highest BCUT2D eigenvalue weighted by Crippen LogP contribution is 2.26. The van der Waals surface area contributed by atoms with Crippen molar-refractivity contribution < 1.29 is 4.39 Å². The molecule has 2 aromatic rings. The van der Waals surface area contributed by atoms with Gasteiger partial charge in [-0.25, -0.2) is 4.39 Å². The number of nitrogens with two attached hydrogens (primary N) is 1. The quantitative estimate of drug-likeness (QED) is 0.915. The average Bonchev–Trinajstić information content (AvgIpc) is 2.46. The number of aromatic nitrogens is 1. The van der Waals surface area contributed by atoms with Crippen molar-refractivity contribution in [3.8, 4) is 0 Å². The zero-order chi connectivity index (χ0) is 13.8. The van der Waals surface area contributed by atoms with E-state index in [0.717, 1.165) is 17.8 Å². The van der Waals surface area contributed by atoms with Gasteiger partial charge >= 0.3 is 0 Å². The minimum Gasteiger partial charge on any atom is -0.341 e. The van der Waals surface area contributed by atoms with E-state index in [2.05, 4.69) is 4.98 Å². The van der Waals surface area contributed by atoms with Gasteiger partial charge in [0, 0.05) is 13.1 Å².